The van der Waals surface area contributed by atoms with E-state index in [-0.39, 0.29) is 11.9 Å². The Morgan fingerprint density at radius 2 is 2.13 bits per heavy atom. The number of carbonyl (C=O) groups is 1. The molecule has 1 aromatic rings. The number of amides is 1. The normalized spacial score (nSPS) is 18.8. The van der Waals surface area contributed by atoms with Crippen LogP contribution in [0.3, 0.4) is 0 Å². The molecule has 1 aromatic heterocycles. The van der Waals surface area contributed by atoms with E-state index in [0.29, 0.717) is 17.4 Å². The van der Waals surface area contributed by atoms with Crippen molar-refractivity contribution < 1.29 is 4.79 Å². The van der Waals surface area contributed by atoms with E-state index in [9.17, 15) is 4.79 Å². The van der Waals surface area contributed by atoms with E-state index in [1.54, 1.807) is 0 Å². The highest BCUT2D eigenvalue weighted by atomic mass is 16.1. The van der Waals surface area contributed by atoms with Crippen LogP contribution in [0.5, 0.6) is 0 Å². The summed E-state index contributed by atoms with van der Waals surface area (Å²) >= 11 is 0. The minimum Gasteiger partial charge on any atom is -0.362 e. The Bertz CT molecular complexity index is 662. The fourth-order valence-electron chi connectivity index (χ4n) is 2.81. The summed E-state index contributed by atoms with van der Waals surface area (Å²) in [5.74, 6) is 0.973. The van der Waals surface area contributed by atoms with Crippen molar-refractivity contribution in [3.05, 3.63) is 29.1 Å². The highest BCUT2D eigenvalue weighted by Crippen LogP contribution is 2.37. The predicted octanol–water partition coefficient (Wildman–Crippen LogP) is 4.16. The van der Waals surface area contributed by atoms with Crippen molar-refractivity contribution in [1.82, 2.24) is 10.3 Å². The number of nitrogens with one attached hydrogen (secondary N) is 2. The van der Waals surface area contributed by atoms with Crippen LogP contribution >= 0.6 is 0 Å². The van der Waals surface area contributed by atoms with E-state index in [2.05, 4.69) is 37.1 Å². The topological polar surface area (TPSA) is 57.2 Å². The lowest BCUT2D eigenvalue weighted by molar-refractivity contribution is 0.0931. The molecule has 2 aliphatic rings. The van der Waals surface area contributed by atoms with Crippen molar-refractivity contribution >= 4 is 17.3 Å². The summed E-state index contributed by atoms with van der Waals surface area (Å²) in [6, 6.07) is 0.148. The number of aliphatic imine (C=N–C) groups is 1. The molecule has 0 radical (unpaired) electrons. The summed E-state index contributed by atoms with van der Waals surface area (Å²) in [6.07, 6.45) is 8.40. The van der Waals surface area contributed by atoms with E-state index in [0.717, 1.165) is 29.9 Å². The van der Waals surface area contributed by atoms with Gasteiger partial charge in [0.15, 0.2) is 0 Å². The molecule has 1 aliphatic carbocycles. The molecule has 1 unspecified atom stereocenters. The molecular weight excluding hydrogens is 286 g/mol. The summed E-state index contributed by atoms with van der Waals surface area (Å²) in [7, 11) is 0. The van der Waals surface area contributed by atoms with Crippen LogP contribution in [0.4, 0.5) is 5.69 Å². The monoisotopic (exact) mass is 313 g/mol. The molecule has 2 N–H and O–H groups in total. The molecule has 0 aromatic carbocycles. The molecule has 1 aliphatic heterocycles. The SMILES string of the molecule is CCC1=CC(C2CC2)=Nc2c(C(=O)NC(C)C(C)C)c[nH]c2C1. The summed E-state index contributed by atoms with van der Waals surface area (Å²) in [6.45, 7) is 8.46. The molecular formula is C19H27N3O. The molecule has 3 rings (SSSR count). The van der Waals surface area contributed by atoms with Crippen LogP contribution in [0.25, 0.3) is 0 Å². The molecule has 4 heteroatoms. The number of aromatic nitrogens is 1. The van der Waals surface area contributed by atoms with Gasteiger partial charge < -0.3 is 10.3 Å². The average Bonchev–Trinajstić information content (AvgIpc) is 3.30. The van der Waals surface area contributed by atoms with Gasteiger partial charge in [-0.15, -0.1) is 0 Å². The van der Waals surface area contributed by atoms with E-state index in [4.69, 9.17) is 4.99 Å². The Morgan fingerprint density at radius 3 is 2.74 bits per heavy atom. The first kappa shape index (κ1) is 16.0. The standard InChI is InChI=1S/C19H27N3O/c1-5-13-8-16(14-6-7-14)22-18-15(10-20-17(18)9-13)19(23)21-12(4)11(2)3/h8,10-12,14,20H,5-7,9H2,1-4H3,(H,21,23). The summed E-state index contributed by atoms with van der Waals surface area (Å²) in [4.78, 5) is 20.8. The number of hydrogen-bond acceptors (Lipinski definition) is 2. The summed E-state index contributed by atoms with van der Waals surface area (Å²) in [5.41, 5.74) is 5.14. The molecule has 4 nitrogen and oxygen atoms in total. The summed E-state index contributed by atoms with van der Waals surface area (Å²) in [5, 5.41) is 3.09. The molecule has 23 heavy (non-hydrogen) atoms. The second-order valence-corrected chi connectivity index (χ2v) is 7.18. The van der Waals surface area contributed by atoms with Crippen LogP contribution < -0.4 is 5.32 Å². The van der Waals surface area contributed by atoms with Crippen molar-refractivity contribution in [2.75, 3.05) is 0 Å². The molecule has 1 saturated carbocycles. The van der Waals surface area contributed by atoms with Crippen molar-refractivity contribution in [3.8, 4) is 0 Å². The molecule has 1 fully saturated rings. The van der Waals surface area contributed by atoms with E-state index in [1.165, 1.54) is 18.4 Å². The minimum atomic E-state index is -0.0254. The lowest BCUT2D eigenvalue weighted by Crippen LogP contribution is -2.35. The van der Waals surface area contributed by atoms with Crippen molar-refractivity contribution in [2.24, 2.45) is 16.8 Å². The maximum Gasteiger partial charge on any atom is 0.255 e. The van der Waals surface area contributed by atoms with Crippen molar-refractivity contribution in [1.29, 1.82) is 0 Å². The van der Waals surface area contributed by atoms with Gasteiger partial charge in [0.2, 0.25) is 0 Å². The minimum absolute atomic E-state index is 0.0254. The van der Waals surface area contributed by atoms with Gasteiger partial charge in [-0.25, -0.2) is 0 Å². The molecule has 0 saturated heterocycles. The van der Waals surface area contributed by atoms with E-state index >= 15 is 0 Å². The summed E-state index contributed by atoms with van der Waals surface area (Å²) < 4.78 is 0. The lowest BCUT2D eigenvalue weighted by atomic mass is 10.0. The van der Waals surface area contributed by atoms with Crippen LogP contribution in [0.15, 0.2) is 22.8 Å². The van der Waals surface area contributed by atoms with Crippen LogP contribution in [0, 0.1) is 11.8 Å². The third kappa shape index (κ3) is 3.41. The highest BCUT2D eigenvalue weighted by Gasteiger charge is 2.29. The van der Waals surface area contributed by atoms with Gasteiger partial charge in [0.05, 0.1) is 11.3 Å². The number of aromatic amines is 1. The third-order valence-corrected chi connectivity index (χ3v) is 4.98. The second-order valence-electron chi connectivity index (χ2n) is 7.18. The molecule has 2 heterocycles. The van der Waals surface area contributed by atoms with Crippen LogP contribution in [-0.2, 0) is 6.42 Å². The van der Waals surface area contributed by atoms with Crippen LogP contribution in [-0.4, -0.2) is 22.6 Å². The average molecular weight is 313 g/mol. The molecule has 0 spiro atoms. The van der Waals surface area contributed by atoms with Crippen molar-refractivity contribution in [3.63, 3.8) is 0 Å². The lowest BCUT2D eigenvalue weighted by Gasteiger charge is -2.17. The number of allylic oxidation sites excluding steroid dienone is 2. The van der Waals surface area contributed by atoms with Gasteiger partial charge in [-0.05, 0) is 38.2 Å². The van der Waals surface area contributed by atoms with Gasteiger partial charge in [0.1, 0.15) is 0 Å². The third-order valence-electron chi connectivity index (χ3n) is 4.98. The van der Waals surface area contributed by atoms with Crippen LogP contribution in [0.1, 0.15) is 63.0 Å². The van der Waals surface area contributed by atoms with Gasteiger partial charge in [-0.3, -0.25) is 9.79 Å². The Morgan fingerprint density at radius 1 is 1.39 bits per heavy atom. The van der Waals surface area contributed by atoms with Crippen LogP contribution in [0.2, 0.25) is 0 Å². The number of fused-ring (bicyclic) bond motifs is 1. The maximum atomic E-state index is 12.6. The number of carbonyl (C=O) groups excluding carboxylic acids is 1. The predicted molar refractivity (Wildman–Crippen MR) is 94.5 cm³/mol. The quantitative estimate of drug-likeness (QED) is 0.842. The molecule has 1 amide bonds. The molecule has 124 valence electrons. The maximum absolute atomic E-state index is 12.6. The Labute approximate surface area is 138 Å². The fraction of sp³-hybridized carbons (Fsp3) is 0.579. The second kappa shape index (κ2) is 6.34. The zero-order valence-corrected chi connectivity index (χ0v) is 14.6. The first-order chi connectivity index (χ1) is 11.0. The van der Waals surface area contributed by atoms with Gasteiger partial charge in [-0.2, -0.15) is 0 Å². The number of rotatable bonds is 5. The zero-order chi connectivity index (χ0) is 16.6. The molecule has 0 bridgehead atoms. The fourth-order valence-corrected chi connectivity index (χ4v) is 2.81. The Kier molecular flexibility index (Phi) is 4.42. The zero-order valence-electron chi connectivity index (χ0n) is 14.6. The number of nitrogens with zero attached hydrogens (tertiary/aromatic N) is 1. The van der Waals surface area contributed by atoms with Gasteiger partial charge in [0, 0.05) is 36.0 Å². The first-order valence-corrected chi connectivity index (χ1v) is 8.78. The Hall–Kier alpha value is -1.84. The number of H-pyrrole nitrogens is 1. The van der Waals surface area contributed by atoms with Gasteiger partial charge >= 0.3 is 0 Å². The first-order valence-electron chi connectivity index (χ1n) is 8.78. The van der Waals surface area contributed by atoms with Gasteiger partial charge in [0.25, 0.3) is 5.91 Å². The Balaban J connectivity index is 1.91. The number of hydrogen-bond donors (Lipinski definition) is 2. The van der Waals surface area contributed by atoms with Gasteiger partial charge in [-0.1, -0.05) is 26.3 Å². The highest BCUT2D eigenvalue weighted by molar-refractivity contribution is 6.05. The van der Waals surface area contributed by atoms with E-state index < -0.39 is 0 Å². The van der Waals surface area contributed by atoms with E-state index in [1.807, 2.05) is 13.1 Å². The van der Waals surface area contributed by atoms with Crippen molar-refractivity contribution in [2.45, 2.75) is 59.4 Å². The smallest absolute Gasteiger partial charge is 0.255 e. The largest absolute Gasteiger partial charge is 0.362 e. The molecule has 1 atom stereocenters.